The highest BCUT2D eigenvalue weighted by atomic mass is 16.6. The van der Waals surface area contributed by atoms with Crippen molar-refractivity contribution in [2.24, 2.45) is 0 Å². The highest BCUT2D eigenvalue weighted by molar-refractivity contribution is 5.85. The van der Waals surface area contributed by atoms with Crippen LogP contribution in [-0.2, 0) is 6.42 Å². The number of hydrogen-bond donors (Lipinski definition) is 1. The van der Waals surface area contributed by atoms with Crippen molar-refractivity contribution in [3.05, 3.63) is 75.8 Å². The molecule has 1 aromatic heterocycles. The highest BCUT2D eigenvalue weighted by Crippen LogP contribution is 2.37. The van der Waals surface area contributed by atoms with Crippen LogP contribution in [0, 0.1) is 21.4 Å². The molecule has 6 heteroatoms. The average Bonchev–Trinajstić information content (AvgIpc) is 2.67. The van der Waals surface area contributed by atoms with E-state index in [0.29, 0.717) is 23.2 Å². The fraction of sp³-hybridized carbons (Fsp3) is 0.100. The number of nitro benzene ring substituents is 1. The molecule has 0 spiro atoms. The summed E-state index contributed by atoms with van der Waals surface area (Å²) in [6.07, 6.45) is 0.601. The minimum absolute atomic E-state index is 0.0370. The van der Waals surface area contributed by atoms with E-state index < -0.39 is 4.92 Å². The van der Waals surface area contributed by atoms with Crippen LogP contribution in [0.15, 0.2) is 54.6 Å². The quantitative estimate of drug-likeness (QED) is 0.560. The second-order valence-electron chi connectivity index (χ2n) is 5.71. The Morgan fingerprint density at radius 1 is 1.15 bits per heavy atom. The number of anilines is 1. The molecule has 0 aliphatic rings. The van der Waals surface area contributed by atoms with Crippen LogP contribution < -0.4 is 5.73 Å². The Hall–Kier alpha value is -3.72. The van der Waals surface area contributed by atoms with Gasteiger partial charge in [-0.25, -0.2) is 4.98 Å². The number of nitriles is 1. The molecule has 2 aromatic carbocycles. The zero-order valence-corrected chi connectivity index (χ0v) is 14.1. The Morgan fingerprint density at radius 2 is 1.85 bits per heavy atom. The lowest BCUT2D eigenvalue weighted by Gasteiger charge is -2.16. The monoisotopic (exact) mass is 344 g/mol. The van der Waals surface area contributed by atoms with E-state index in [1.54, 1.807) is 12.1 Å². The van der Waals surface area contributed by atoms with E-state index in [2.05, 4.69) is 11.1 Å². The van der Waals surface area contributed by atoms with Crippen LogP contribution in [0.1, 0.15) is 18.1 Å². The van der Waals surface area contributed by atoms with E-state index in [9.17, 15) is 15.4 Å². The summed E-state index contributed by atoms with van der Waals surface area (Å²) in [7, 11) is 0. The first kappa shape index (κ1) is 17.1. The predicted octanol–water partition coefficient (Wildman–Crippen LogP) is 4.34. The van der Waals surface area contributed by atoms with E-state index >= 15 is 0 Å². The molecule has 6 nitrogen and oxygen atoms in total. The molecular formula is C20H16N4O2. The van der Waals surface area contributed by atoms with Crippen molar-refractivity contribution in [1.29, 1.82) is 5.26 Å². The van der Waals surface area contributed by atoms with Gasteiger partial charge in [-0.2, -0.15) is 5.26 Å². The van der Waals surface area contributed by atoms with Crippen molar-refractivity contribution in [2.45, 2.75) is 13.3 Å². The number of nitro groups is 1. The number of nitrogens with zero attached hydrogens (tertiary/aromatic N) is 3. The Morgan fingerprint density at radius 3 is 2.46 bits per heavy atom. The number of hydrogen-bond acceptors (Lipinski definition) is 5. The minimum Gasteiger partial charge on any atom is -0.383 e. The SMILES string of the molecule is CCc1c(-c2ccccc2)nc(N)c(C#N)c1-c1cccc([N+](=O)[O-])c1. The number of nitrogens with two attached hydrogens (primary N) is 1. The van der Waals surface area contributed by atoms with Gasteiger partial charge in [0.25, 0.3) is 5.69 Å². The average molecular weight is 344 g/mol. The van der Waals surface area contributed by atoms with Crippen LogP contribution in [0.5, 0.6) is 0 Å². The first-order chi connectivity index (χ1) is 12.6. The van der Waals surface area contributed by atoms with Gasteiger partial charge in [-0.1, -0.05) is 49.4 Å². The van der Waals surface area contributed by atoms with Crippen LogP contribution in [0.2, 0.25) is 0 Å². The van der Waals surface area contributed by atoms with Crippen molar-refractivity contribution in [3.63, 3.8) is 0 Å². The standard InChI is InChI=1S/C20H16N4O2/c1-2-16-18(14-9-6-10-15(11-14)24(25)26)17(12-21)20(22)23-19(16)13-7-4-3-5-8-13/h3-11H,2H2,1H3,(H2,22,23). The van der Waals surface area contributed by atoms with Crippen LogP contribution >= 0.6 is 0 Å². The van der Waals surface area contributed by atoms with Gasteiger partial charge in [-0.05, 0) is 17.5 Å². The topological polar surface area (TPSA) is 106 Å². The molecule has 0 atom stereocenters. The lowest BCUT2D eigenvalue weighted by Crippen LogP contribution is -2.05. The maximum atomic E-state index is 11.2. The molecule has 0 saturated carbocycles. The number of pyridine rings is 1. The van der Waals surface area contributed by atoms with Gasteiger partial charge in [0.05, 0.1) is 10.6 Å². The normalized spacial score (nSPS) is 10.3. The summed E-state index contributed by atoms with van der Waals surface area (Å²) in [4.78, 5) is 15.1. The van der Waals surface area contributed by atoms with E-state index in [-0.39, 0.29) is 17.1 Å². The number of rotatable bonds is 4. The van der Waals surface area contributed by atoms with Gasteiger partial charge in [-0.15, -0.1) is 0 Å². The van der Waals surface area contributed by atoms with Crippen molar-refractivity contribution < 1.29 is 4.92 Å². The Labute approximate surface area is 150 Å². The molecule has 0 aliphatic carbocycles. The van der Waals surface area contributed by atoms with Gasteiger partial charge in [0.2, 0.25) is 0 Å². The lowest BCUT2D eigenvalue weighted by atomic mass is 9.90. The fourth-order valence-electron chi connectivity index (χ4n) is 3.03. The number of benzene rings is 2. The summed E-state index contributed by atoms with van der Waals surface area (Å²) in [5, 5.41) is 20.8. The van der Waals surface area contributed by atoms with E-state index in [1.807, 2.05) is 37.3 Å². The van der Waals surface area contributed by atoms with Gasteiger partial charge in [0.1, 0.15) is 17.5 Å². The summed E-state index contributed by atoms with van der Waals surface area (Å²) in [6, 6.07) is 17.9. The molecule has 2 N–H and O–H groups in total. The Bertz CT molecular complexity index is 1020. The molecule has 0 amide bonds. The lowest BCUT2D eigenvalue weighted by molar-refractivity contribution is -0.384. The van der Waals surface area contributed by atoms with E-state index in [1.165, 1.54) is 12.1 Å². The molecule has 3 rings (SSSR count). The fourth-order valence-corrected chi connectivity index (χ4v) is 3.03. The molecule has 0 aliphatic heterocycles. The molecule has 26 heavy (non-hydrogen) atoms. The number of nitrogen functional groups attached to an aromatic ring is 1. The minimum atomic E-state index is -0.455. The molecule has 0 fully saturated rings. The summed E-state index contributed by atoms with van der Waals surface area (Å²) >= 11 is 0. The number of aromatic nitrogens is 1. The van der Waals surface area contributed by atoms with Crippen molar-refractivity contribution in [1.82, 2.24) is 4.98 Å². The van der Waals surface area contributed by atoms with Crippen molar-refractivity contribution in [2.75, 3.05) is 5.73 Å². The predicted molar refractivity (Wildman–Crippen MR) is 100 cm³/mol. The molecule has 1 heterocycles. The van der Waals surface area contributed by atoms with Gasteiger partial charge in [0, 0.05) is 23.3 Å². The molecule has 0 unspecified atom stereocenters. The Balaban J connectivity index is 2.37. The molecule has 0 saturated heterocycles. The third-order valence-electron chi connectivity index (χ3n) is 4.18. The molecule has 0 radical (unpaired) electrons. The first-order valence-electron chi connectivity index (χ1n) is 8.09. The van der Waals surface area contributed by atoms with Gasteiger partial charge < -0.3 is 5.73 Å². The van der Waals surface area contributed by atoms with Gasteiger partial charge in [0.15, 0.2) is 0 Å². The van der Waals surface area contributed by atoms with Crippen molar-refractivity contribution >= 4 is 11.5 Å². The maximum Gasteiger partial charge on any atom is 0.270 e. The molecule has 128 valence electrons. The van der Waals surface area contributed by atoms with Crippen LogP contribution in [0.4, 0.5) is 11.5 Å². The summed E-state index contributed by atoms with van der Waals surface area (Å²) in [6.45, 7) is 1.96. The van der Waals surface area contributed by atoms with Gasteiger partial charge >= 0.3 is 0 Å². The largest absolute Gasteiger partial charge is 0.383 e. The summed E-state index contributed by atoms with van der Waals surface area (Å²) in [5.41, 5.74) is 9.85. The smallest absolute Gasteiger partial charge is 0.270 e. The van der Waals surface area contributed by atoms with Crippen LogP contribution in [0.3, 0.4) is 0 Å². The Kier molecular flexibility index (Phi) is 4.63. The first-order valence-corrected chi connectivity index (χ1v) is 8.09. The second-order valence-corrected chi connectivity index (χ2v) is 5.71. The zero-order chi connectivity index (χ0) is 18.7. The number of non-ortho nitro benzene ring substituents is 1. The van der Waals surface area contributed by atoms with Crippen molar-refractivity contribution in [3.8, 4) is 28.5 Å². The zero-order valence-electron chi connectivity index (χ0n) is 14.1. The highest BCUT2D eigenvalue weighted by Gasteiger charge is 2.21. The third kappa shape index (κ3) is 2.98. The summed E-state index contributed by atoms with van der Waals surface area (Å²) in [5.74, 6) is 0.116. The van der Waals surface area contributed by atoms with E-state index in [4.69, 9.17) is 5.73 Å². The molecule has 0 bridgehead atoms. The van der Waals surface area contributed by atoms with Crippen LogP contribution in [0.25, 0.3) is 22.4 Å². The van der Waals surface area contributed by atoms with Gasteiger partial charge in [-0.3, -0.25) is 10.1 Å². The summed E-state index contributed by atoms with van der Waals surface area (Å²) < 4.78 is 0. The third-order valence-corrected chi connectivity index (χ3v) is 4.18. The second kappa shape index (κ2) is 7.03. The molecule has 3 aromatic rings. The van der Waals surface area contributed by atoms with E-state index in [0.717, 1.165) is 11.1 Å². The molecular weight excluding hydrogens is 328 g/mol. The maximum absolute atomic E-state index is 11.2. The van der Waals surface area contributed by atoms with Crippen LogP contribution in [-0.4, -0.2) is 9.91 Å².